The summed E-state index contributed by atoms with van der Waals surface area (Å²) in [5, 5.41) is 4.20. The van der Waals surface area contributed by atoms with Crippen LogP contribution >= 0.6 is 0 Å². The maximum absolute atomic E-state index is 5.91. The molecule has 0 unspecified atom stereocenters. The zero-order valence-electron chi connectivity index (χ0n) is 32.3. The number of para-hydroxylation sites is 6. The van der Waals surface area contributed by atoms with E-state index in [0.29, 0.717) is 23.7 Å². The maximum Gasteiger partial charge on any atom is 0.269 e. The van der Waals surface area contributed by atoms with Gasteiger partial charge in [-0.15, -0.1) is 0 Å². The minimum absolute atomic E-state index is 0. The van der Waals surface area contributed by atoms with E-state index in [2.05, 4.69) is 144 Å². The molecule has 54 heavy (non-hydrogen) atoms. The van der Waals surface area contributed by atoms with Crippen LogP contribution < -0.4 is 4.57 Å². The van der Waals surface area contributed by atoms with Crippen molar-refractivity contribution in [2.45, 2.75) is 79.1 Å². The Morgan fingerprint density at radius 2 is 1.04 bits per heavy atom. The van der Waals surface area contributed by atoms with Crippen molar-refractivity contribution < 1.29 is 35.8 Å². The average molecular weight is 804 g/mol. The molecule has 9 rings (SSSR count). The molecule has 0 N–H and O–H groups in total. The molecule has 0 aliphatic heterocycles. The predicted molar refractivity (Wildman–Crippen MR) is 220 cm³/mol. The molecule has 4 nitrogen and oxygen atoms in total. The Bertz CT molecular complexity index is 2520. The van der Waals surface area contributed by atoms with Crippen LogP contribution in [0.2, 0.25) is 0 Å². The van der Waals surface area contributed by atoms with Gasteiger partial charge in [0.25, 0.3) is 6.33 Å². The number of rotatable bonds is 6. The van der Waals surface area contributed by atoms with E-state index >= 15 is 0 Å². The number of nitrogens with zero attached hydrogens (tertiary/aromatic N) is 2. The predicted octanol–water partition coefficient (Wildman–Crippen LogP) is 13.5. The molecule has 5 heteroatoms. The van der Waals surface area contributed by atoms with Gasteiger partial charge in [0.1, 0.15) is 5.58 Å². The minimum atomic E-state index is 0. The average Bonchev–Trinajstić information content (AvgIpc) is 3.84. The van der Waals surface area contributed by atoms with Gasteiger partial charge in [0.2, 0.25) is 0 Å². The van der Waals surface area contributed by atoms with Crippen LogP contribution in [0.15, 0.2) is 124 Å². The first-order chi connectivity index (χ1) is 25.6. The number of furan rings is 2. The molecule has 0 aliphatic carbocycles. The maximum atomic E-state index is 5.91. The molecular formula is C49H47AgN2O2-. The quantitative estimate of drug-likeness (QED) is 0.0953. The molecule has 3 heterocycles. The number of hydrogen-bond donors (Lipinski definition) is 0. The Morgan fingerprint density at radius 1 is 0.519 bits per heavy atom. The zero-order chi connectivity index (χ0) is 37.0. The van der Waals surface area contributed by atoms with E-state index in [1.165, 1.54) is 44.7 Å². The summed E-state index contributed by atoms with van der Waals surface area (Å²) in [4.78, 5) is 0. The van der Waals surface area contributed by atoms with Crippen LogP contribution in [0, 0.1) is 12.4 Å². The molecule has 6 aromatic carbocycles. The summed E-state index contributed by atoms with van der Waals surface area (Å²) in [7, 11) is 0. The third kappa shape index (κ3) is 6.51. The number of imidazole rings is 1. The largest absolute Gasteiger partial charge is 0.510 e. The third-order valence-electron chi connectivity index (χ3n) is 10.5. The molecule has 0 spiro atoms. The van der Waals surface area contributed by atoms with Crippen LogP contribution in [0.5, 0.6) is 0 Å². The van der Waals surface area contributed by atoms with E-state index in [1.54, 1.807) is 0 Å². The van der Waals surface area contributed by atoms with Gasteiger partial charge in [0.15, 0.2) is 0 Å². The fraction of sp³-hybridized carbons (Fsp3) is 0.245. The standard InChI is InChI=1S/C31H38N2.C18H9O2.Ag/c1-20(2)24-13-11-14-25(21(3)4)30(24)32-19-33(29-18-10-9-17-28(29)32)31-26(22(5)6)15-12-16-27(31)23(7)8;1-3-7-15-11(5-1)13-9-18-14(10-17(13)19-15)12-6-2-4-8-16(12)20-18;/h9-18,20-23H,1-8H3;1-9H;/q;-1;. The van der Waals surface area contributed by atoms with Gasteiger partial charge in [-0.2, -0.15) is 0 Å². The van der Waals surface area contributed by atoms with Crippen LogP contribution in [0.3, 0.4) is 0 Å². The van der Waals surface area contributed by atoms with Gasteiger partial charge in [-0.3, -0.25) is 9.13 Å². The minimum Gasteiger partial charge on any atom is -0.510 e. The van der Waals surface area contributed by atoms with Crippen LogP contribution in [0.1, 0.15) is 101 Å². The van der Waals surface area contributed by atoms with Gasteiger partial charge >= 0.3 is 0 Å². The topological polar surface area (TPSA) is 35.1 Å². The van der Waals surface area contributed by atoms with Gasteiger partial charge < -0.3 is 8.83 Å². The zero-order valence-corrected chi connectivity index (χ0v) is 33.8. The van der Waals surface area contributed by atoms with Crippen LogP contribution in [-0.2, 0) is 22.4 Å². The SMILES string of the molecule is CC(C)c1cccc(C(C)C)c1-n1[c-][n+](-c2c(C(C)C)cccc2C(C)C)c2ccccc21.[Ag].[c-]1c2oc3ccccc3c2cc2oc3ccccc3c12. The van der Waals surface area contributed by atoms with Crippen LogP contribution in [-0.4, -0.2) is 4.57 Å². The second kappa shape index (κ2) is 15.1. The normalized spacial score (nSPS) is 11.9. The smallest absolute Gasteiger partial charge is 0.269 e. The second-order valence-corrected chi connectivity index (χ2v) is 15.4. The van der Waals surface area contributed by atoms with E-state index in [1.807, 2.05) is 48.5 Å². The first-order valence-electron chi connectivity index (χ1n) is 19.0. The third-order valence-corrected chi connectivity index (χ3v) is 10.5. The molecule has 0 aliphatic rings. The molecular weight excluding hydrogens is 756 g/mol. The van der Waals surface area contributed by atoms with E-state index in [0.717, 1.165) is 43.9 Å². The summed E-state index contributed by atoms with van der Waals surface area (Å²) in [5.41, 5.74) is 13.8. The summed E-state index contributed by atoms with van der Waals surface area (Å²) in [6.45, 7) is 18.3. The monoisotopic (exact) mass is 802 g/mol. The van der Waals surface area contributed by atoms with Crippen LogP contribution in [0.4, 0.5) is 0 Å². The molecule has 3 aromatic heterocycles. The fourth-order valence-corrected chi connectivity index (χ4v) is 7.77. The van der Waals surface area contributed by atoms with Crippen molar-refractivity contribution in [3.63, 3.8) is 0 Å². The Kier molecular flexibility index (Phi) is 10.5. The summed E-state index contributed by atoms with van der Waals surface area (Å²) in [5.74, 6) is 1.71. The first-order valence-corrected chi connectivity index (χ1v) is 19.0. The van der Waals surface area contributed by atoms with Gasteiger partial charge in [-0.05, 0) is 63.4 Å². The summed E-state index contributed by atoms with van der Waals surface area (Å²) >= 11 is 0. The van der Waals surface area contributed by atoms with Crippen LogP contribution in [0.25, 0.3) is 66.3 Å². The van der Waals surface area contributed by atoms with Gasteiger partial charge in [-0.25, -0.2) is 0 Å². The molecule has 0 saturated heterocycles. The van der Waals surface area contributed by atoms with Crippen molar-refractivity contribution >= 4 is 54.9 Å². The summed E-state index contributed by atoms with van der Waals surface area (Å²) in [6.07, 6.45) is 3.84. The number of aromatic nitrogens is 2. The summed E-state index contributed by atoms with van der Waals surface area (Å²) in [6, 6.07) is 43.7. The van der Waals surface area contributed by atoms with E-state index in [4.69, 9.17) is 8.83 Å². The molecule has 0 fully saturated rings. The van der Waals surface area contributed by atoms with Crippen molar-refractivity contribution in [2.24, 2.45) is 0 Å². The Morgan fingerprint density at radius 3 is 1.65 bits per heavy atom. The second-order valence-electron chi connectivity index (χ2n) is 15.4. The fourth-order valence-electron chi connectivity index (χ4n) is 7.77. The molecule has 0 atom stereocenters. The molecule has 277 valence electrons. The number of fused-ring (bicyclic) bond motifs is 7. The number of benzene rings is 6. The Balaban J connectivity index is 0.000000182. The van der Waals surface area contributed by atoms with E-state index in [9.17, 15) is 0 Å². The van der Waals surface area contributed by atoms with Crippen molar-refractivity contribution in [1.82, 2.24) is 4.57 Å². The van der Waals surface area contributed by atoms with E-state index in [-0.39, 0.29) is 22.4 Å². The van der Waals surface area contributed by atoms with Gasteiger partial charge in [0.05, 0.1) is 33.6 Å². The molecule has 9 aromatic rings. The van der Waals surface area contributed by atoms with Crippen molar-refractivity contribution in [2.75, 3.05) is 0 Å². The Labute approximate surface area is 333 Å². The van der Waals surface area contributed by atoms with Crippen molar-refractivity contribution in [3.05, 3.63) is 150 Å². The van der Waals surface area contributed by atoms with Crippen molar-refractivity contribution in [3.8, 4) is 11.4 Å². The molecule has 0 amide bonds. The van der Waals surface area contributed by atoms with Gasteiger partial charge in [-0.1, -0.05) is 181 Å². The number of hydrogen-bond acceptors (Lipinski definition) is 2. The molecule has 0 saturated carbocycles. The van der Waals surface area contributed by atoms with Gasteiger partial charge in [0, 0.05) is 28.0 Å². The van der Waals surface area contributed by atoms with E-state index < -0.39 is 0 Å². The summed E-state index contributed by atoms with van der Waals surface area (Å²) < 4.78 is 16.4. The molecule has 1 radical (unpaired) electrons. The Hall–Kier alpha value is -4.87. The van der Waals surface area contributed by atoms with Crippen molar-refractivity contribution in [1.29, 1.82) is 0 Å². The first kappa shape index (κ1) is 37.4. The molecule has 0 bridgehead atoms.